The van der Waals surface area contributed by atoms with Crippen molar-refractivity contribution in [2.24, 2.45) is 5.92 Å². The molecule has 0 atom stereocenters. The molecule has 1 aromatic carbocycles. The molecule has 1 aromatic rings. The fourth-order valence-electron chi connectivity index (χ4n) is 1.63. The Morgan fingerprint density at radius 2 is 1.89 bits per heavy atom. The van der Waals surface area contributed by atoms with Crippen molar-refractivity contribution in [3.8, 4) is 0 Å². The number of aliphatic hydroxyl groups is 1. The lowest BCUT2D eigenvalue weighted by molar-refractivity contribution is 0.0951. The number of benzene rings is 1. The Balaban J connectivity index is 2.40. The summed E-state index contributed by atoms with van der Waals surface area (Å²) in [6.07, 6.45) is 1.71. The molecule has 0 saturated carbocycles. The zero-order valence-corrected chi connectivity index (χ0v) is 11.8. The van der Waals surface area contributed by atoms with Gasteiger partial charge in [0.2, 0.25) is 0 Å². The van der Waals surface area contributed by atoms with E-state index in [1.165, 1.54) is 0 Å². The molecule has 4 nitrogen and oxygen atoms in total. The zero-order valence-electron chi connectivity index (χ0n) is 11.8. The number of carbonyl (C=O) groups excluding carboxylic acids is 1. The Kier molecular flexibility index (Phi) is 6.97. The van der Waals surface area contributed by atoms with Crippen LogP contribution in [0.2, 0.25) is 0 Å². The molecule has 0 radical (unpaired) electrons. The molecule has 0 heterocycles. The van der Waals surface area contributed by atoms with Crippen LogP contribution in [-0.2, 0) is 0 Å². The van der Waals surface area contributed by atoms with Gasteiger partial charge < -0.3 is 15.7 Å². The van der Waals surface area contributed by atoms with Gasteiger partial charge in [0.1, 0.15) is 0 Å². The average molecular weight is 264 g/mol. The number of nitrogens with one attached hydrogen (secondary N) is 2. The molecule has 0 aliphatic heterocycles. The van der Waals surface area contributed by atoms with E-state index in [9.17, 15) is 4.79 Å². The molecule has 1 amide bonds. The van der Waals surface area contributed by atoms with E-state index in [4.69, 9.17) is 5.11 Å². The van der Waals surface area contributed by atoms with E-state index in [2.05, 4.69) is 24.5 Å². The topological polar surface area (TPSA) is 61.4 Å². The summed E-state index contributed by atoms with van der Waals surface area (Å²) in [5, 5.41) is 14.7. The second-order valence-corrected chi connectivity index (χ2v) is 5.02. The molecule has 0 aliphatic carbocycles. The molecule has 19 heavy (non-hydrogen) atoms. The summed E-state index contributed by atoms with van der Waals surface area (Å²) in [5.41, 5.74) is 1.68. The van der Waals surface area contributed by atoms with Crippen molar-refractivity contribution in [3.63, 3.8) is 0 Å². The molecule has 0 unspecified atom stereocenters. The number of aliphatic hydroxyl groups excluding tert-OH is 1. The number of rotatable bonds is 8. The second-order valence-electron chi connectivity index (χ2n) is 5.02. The summed E-state index contributed by atoms with van der Waals surface area (Å²) >= 11 is 0. The van der Waals surface area contributed by atoms with E-state index in [0.717, 1.165) is 18.7 Å². The summed E-state index contributed by atoms with van der Waals surface area (Å²) in [6.45, 7) is 5.94. The van der Waals surface area contributed by atoms with Crippen LogP contribution in [0.5, 0.6) is 0 Å². The third-order valence-corrected chi connectivity index (χ3v) is 2.82. The molecule has 0 aliphatic rings. The van der Waals surface area contributed by atoms with Gasteiger partial charge in [-0.05, 0) is 43.0 Å². The molecule has 4 heteroatoms. The number of anilines is 1. The summed E-state index contributed by atoms with van der Waals surface area (Å²) in [6, 6.07) is 7.46. The van der Waals surface area contributed by atoms with E-state index < -0.39 is 0 Å². The molecule has 106 valence electrons. The van der Waals surface area contributed by atoms with Crippen LogP contribution in [0.25, 0.3) is 0 Å². The monoisotopic (exact) mass is 264 g/mol. The van der Waals surface area contributed by atoms with Crippen LogP contribution in [-0.4, -0.2) is 30.7 Å². The summed E-state index contributed by atoms with van der Waals surface area (Å²) in [5.74, 6) is 0.589. The zero-order chi connectivity index (χ0) is 14.1. The molecule has 0 bridgehead atoms. The fraction of sp³-hybridized carbons (Fsp3) is 0.533. The van der Waals surface area contributed by atoms with Crippen LogP contribution in [0.1, 0.15) is 37.0 Å². The van der Waals surface area contributed by atoms with Gasteiger partial charge in [-0.25, -0.2) is 0 Å². The smallest absolute Gasteiger partial charge is 0.251 e. The highest BCUT2D eigenvalue weighted by Crippen LogP contribution is 2.10. The molecular weight excluding hydrogens is 240 g/mol. The van der Waals surface area contributed by atoms with Crippen molar-refractivity contribution in [2.45, 2.75) is 26.7 Å². The molecular formula is C15H24N2O2. The first-order chi connectivity index (χ1) is 9.13. The predicted molar refractivity (Wildman–Crippen MR) is 78.4 cm³/mol. The van der Waals surface area contributed by atoms with Gasteiger partial charge in [-0.2, -0.15) is 0 Å². The van der Waals surface area contributed by atoms with Gasteiger partial charge in [0.15, 0.2) is 0 Å². The van der Waals surface area contributed by atoms with Crippen molar-refractivity contribution >= 4 is 11.6 Å². The Morgan fingerprint density at radius 3 is 2.47 bits per heavy atom. The minimum Gasteiger partial charge on any atom is -0.396 e. The standard InChI is InChI=1S/C15H24N2O2/c1-12(2)8-10-16-14-6-4-13(5-7-14)15(19)17-9-3-11-18/h4-7,12,16,18H,3,8-11H2,1-2H3,(H,17,19). The van der Waals surface area contributed by atoms with Crippen LogP contribution >= 0.6 is 0 Å². The molecule has 0 aromatic heterocycles. The van der Waals surface area contributed by atoms with Crippen molar-refractivity contribution in [1.29, 1.82) is 0 Å². The molecule has 1 rings (SSSR count). The van der Waals surface area contributed by atoms with E-state index in [1.54, 1.807) is 0 Å². The first-order valence-electron chi connectivity index (χ1n) is 6.86. The highest BCUT2D eigenvalue weighted by atomic mass is 16.3. The van der Waals surface area contributed by atoms with Gasteiger partial charge in [-0.3, -0.25) is 4.79 Å². The van der Waals surface area contributed by atoms with Gasteiger partial charge in [0, 0.05) is 30.9 Å². The fourth-order valence-corrected chi connectivity index (χ4v) is 1.63. The van der Waals surface area contributed by atoms with E-state index >= 15 is 0 Å². The van der Waals surface area contributed by atoms with Crippen LogP contribution < -0.4 is 10.6 Å². The quantitative estimate of drug-likeness (QED) is 0.631. The van der Waals surface area contributed by atoms with E-state index in [-0.39, 0.29) is 12.5 Å². The summed E-state index contributed by atoms with van der Waals surface area (Å²) in [7, 11) is 0. The lowest BCUT2D eigenvalue weighted by Crippen LogP contribution is -2.24. The summed E-state index contributed by atoms with van der Waals surface area (Å²) in [4.78, 5) is 11.7. The third-order valence-electron chi connectivity index (χ3n) is 2.82. The average Bonchev–Trinajstić information content (AvgIpc) is 2.39. The van der Waals surface area contributed by atoms with Crippen LogP contribution in [0, 0.1) is 5.92 Å². The normalized spacial score (nSPS) is 10.5. The second kappa shape index (κ2) is 8.53. The summed E-state index contributed by atoms with van der Waals surface area (Å²) < 4.78 is 0. The maximum absolute atomic E-state index is 11.7. The number of hydrogen-bond acceptors (Lipinski definition) is 3. The molecule has 0 spiro atoms. The van der Waals surface area contributed by atoms with Crippen LogP contribution in [0.15, 0.2) is 24.3 Å². The third kappa shape index (κ3) is 6.25. The van der Waals surface area contributed by atoms with Gasteiger partial charge in [-0.15, -0.1) is 0 Å². The number of hydrogen-bond donors (Lipinski definition) is 3. The Labute approximate surface area is 115 Å². The highest BCUT2D eigenvalue weighted by molar-refractivity contribution is 5.94. The van der Waals surface area contributed by atoms with Gasteiger partial charge in [0.05, 0.1) is 0 Å². The Hall–Kier alpha value is -1.55. The van der Waals surface area contributed by atoms with Crippen molar-refractivity contribution in [2.75, 3.05) is 25.0 Å². The maximum atomic E-state index is 11.7. The lowest BCUT2D eigenvalue weighted by atomic mass is 10.1. The number of amides is 1. The van der Waals surface area contributed by atoms with Gasteiger partial charge in [0.25, 0.3) is 5.91 Å². The molecule has 0 saturated heterocycles. The number of carbonyl (C=O) groups is 1. The minimum absolute atomic E-state index is 0.0952. The maximum Gasteiger partial charge on any atom is 0.251 e. The minimum atomic E-state index is -0.0952. The van der Waals surface area contributed by atoms with E-state index in [0.29, 0.717) is 24.4 Å². The van der Waals surface area contributed by atoms with Crippen LogP contribution in [0.4, 0.5) is 5.69 Å². The first-order valence-corrected chi connectivity index (χ1v) is 6.86. The van der Waals surface area contributed by atoms with Crippen molar-refractivity contribution < 1.29 is 9.90 Å². The SMILES string of the molecule is CC(C)CCNc1ccc(C(=O)NCCCO)cc1. The lowest BCUT2D eigenvalue weighted by Gasteiger charge is -2.09. The predicted octanol–water partition coefficient (Wildman–Crippen LogP) is 2.26. The van der Waals surface area contributed by atoms with Crippen LogP contribution in [0.3, 0.4) is 0 Å². The van der Waals surface area contributed by atoms with Gasteiger partial charge in [-0.1, -0.05) is 13.8 Å². The first kappa shape index (κ1) is 15.5. The molecule has 3 N–H and O–H groups in total. The van der Waals surface area contributed by atoms with E-state index in [1.807, 2.05) is 24.3 Å². The highest BCUT2D eigenvalue weighted by Gasteiger charge is 2.04. The van der Waals surface area contributed by atoms with Crippen molar-refractivity contribution in [1.82, 2.24) is 5.32 Å². The largest absolute Gasteiger partial charge is 0.396 e. The van der Waals surface area contributed by atoms with Gasteiger partial charge >= 0.3 is 0 Å². The Morgan fingerprint density at radius 1 is 1.21 bits per heavy atom. The molecule has 0 fully saturated rings. The van der Waals surface area contributed by atoms with Crippen molar-refractivity contribution in [3.05, 3.63) is 29.8 Å². The Bertz CT molecular complexity index is 374.